The Kier molecular flexibility index (Phi) is 3.72. The monoisotopic (exact) mass is 272 g/mol. The topological polar surface area (TPSA) is 12.5 Å². The predicted octanol–water partition coefficient (Wildman–Crippen LogP) is 3.64. The van der Waals surface area contributed by atoms with E-state index in [4.69, 9.17) is 16.3 Å². The van der Waals surface area contributed by atoms with Crippen LogP contribution in [0.1, 0.15) is 0 Å². The summed E-state index contributed by atoms with van der Waals surface area (Å²) in [5.74, 6) is 0. The van der Waals surface area contributed by atoms with Gasteiger partial charge in [-0.1, -0.05) is 35.9 Å². The molecule has 19 heavy (non-hydrogen) atoms. The molecule has 97 valence electrons. The molecule has 0 unspecified atom stereocenters. The van der Waals surface area contributed by atoms with Gasteiger partial charge in [-0.15, -0.1) is 0 Å². The van der Waals surface area contributed by atoms with Gasteiger partial charge >= 0.3 is 0 Å². The van der Waals surface area contributed by atoms with Crippen LogP contribution in [-0.2, 0) is 4.74 Å². The first kappa shape index (κ1) is 12.5. The lowest BCUT2D eigenvalue weighted by Gasteiger charge is -2.28. The maximum absolute atomic E-state index is 5.92. The van der Waals surface area contributed by atoms with Crippen LogP contribution in [0.2, 0.25) is 5.02 Å². The van der Waals surface area contributed by atoms with Crippen molar-refractivity contribution in [1.82, 2.24) is 0 Å². The van der Waals surface area contributed by atoms with Crippen LogP contribution in [0.4, 0.5) is 5.69 Å². The first-order valence-electron chi connectivity index (χ1n) is 6.43. The summed E-state index contributed by atoms with van der Waals surface area (Å²) in [6.07, 6.45) is 0. The van der Waals surface area contributed by atoms with Gasteiger partial charge in [-0.25, -0.2) is 0 Å². The Morgan fingerprint density at radius 1 is 1.00 bits per heavy atom. The maximum atomic E-state index is 5.92. The number of morpholine rings is 1. The van der Waals surface area contributed by atoms with Gasteiger partial charge in [-0.05, 0) is 29.3 Å². The van der Waals surface area contributed by atoms with Crippen molar-refractivity contribution in [2.24, 2.45) is 0 Å². The lowest BCUT2D eigenvalue weighted by atomic mass is 10.0. The molecule has 1 fully saturated rings. The molecule has 1 saturated heterocycles. The molecule has 1 aliphatic heterocycles. The number of halogens is 1. The summed E-state index contributed by atoms with van der Waals surface area (Å²) in [5, 5.41) is 0.764. The van der Waals surface area contributed by atoms with Gasteiger partial charge < -0.3 is 9.64 Å². The van der Waals surface area contributed by atoms with E-state index in [9.17, 15) is 0 Å². The molecular formula is C16H15ClNO. The third-order valence-corrected chi connectivity index (χ3v) is 3.57. The number of nitrogens with zero attached hydrogens (tertiary/aromatic N) is 1. The molecule has 1 heterocycles. The zero-order valence-electron chi connectivity index (χ0n) is 10.6. The standard InChI is InChI=1S/C16H15ClNO/c17-15-6-4-13(5-7-15)14-2-1-3-16(12-14)18-8-10-19-11-9-18/h1-2,4-7,12H,8-11H2. The molecule has 0 spiro atoms. The first-order valence-corrected chi connectivity index (χ1v) is 6.81. The summed E-state index contributed by atoms with van der Waals surface area (Å²) in [6, 6.07) is 17.5. The minimum absolute atomic E-state index is 0.764. The van der Waals surface area contributed by atoms with Crippen LogP contribution in [0.5, 0.6) is 0 Å². The Morgan fingerprint density at radius 3 is 2.47 bits per heavy atom. The molecule has 0 aliphatic carbocycles. The van der Waals surface area contributed by atoms with Crippen LogP contribution in [0.15, 0.2) is 42.5 Å². The van der Waals surface area contributed by atoms with Crippen molar-refractivity contribution < 1.29 is 4.74 Å². The average molecular weight is 273 g/mol. The van der Waals surface area contributed by atoms with Gasteiger partial charge in [-0.3, -0.25) is 0 Å². The molecule has 2 nitrogen and oxygen atoms in total. The van der Waals surface area contributed by atoms with Crippen molar-refractivity contribution in [2.45, 2.75) is 0 Å². The van der Waals surface area contributed by atoms with E-state index in [0.29, 0.717) is 0 Å². The lowest BCUT2D eigenvalue weighted by molar-refractivity contribution is 0.122. The Morgan fingerprint density at radius 2 is 1.74 bits per heavy atom. The van der Waals surface area contributed by atoms with Gasteiger partial charge in [0, 0.05) is 29.9 Å². The lowest BCUT2D eigenvalue weighted by Crippen LogP contribution is -2.36. The van der Waals surface area contributed by atoms with Crippen LogP contribution < -0.4 is 4.90 Å². The average Bonchev–Trinajstić information content (AvgIpc) is 2.49. The van der Waals surface area contributed by atoms with Gasteiger partial charge in [-0.2, -0.15) is 0 Å². The number of rotatable bonds is 2. The molecule has 1 radical (unpaired) electrons. The van der Waals surface area contributed by atoms with E-state index in [0.717, 1.165) is 37.0 Å². The molecule has 0 atom stereocenters. The number of anilines is 1. The van der Waals surface area contributed by atoms with Crippen LogP contribution in [0.25, 0.3) is 11.1 Å². The Labute approximate surface area is 118 Å². The zero-order valence-corrected chi connectivity index (χ0v) is 11.4. The number of benzene rings is 2. The Hall–Kier alpha value is -1.51. The molecule has 1 aliphatic rings. The summed E-state index contributed by atoms with van der Waals surface area (Å²) in [5.41, 5.74) is 3.50. The summed E-state index contributed by atoms with van der Waals surface area (Å²) < 4.78 is 5.38. The quantitative estimate of drug-likeness (QED) is 0.828. The molecule has 2 aromatic carbocycles. The maximum Gasteiger partial charge on any atom is 0.0642 e. The number of ether oxygens (including phenoxy) is 1. The van der Waals surface area contributed by atoms with Gasteiger partial charge in [0.05, 0.1) is 13.2 Å². The second kappa shape index (κ2) is 5.64. The highest BCUT2D eigenvalue weighted by molar-refractivity contribution is 6.30. The molecule has 0 aromatic heterocycles. The number of hydrogen-bond donors (Lipinski definition) is 0. The van der Waals surface area contributed by atoms with Gasteiger partial charge in [0.2, 0.25) is 0 Å². The summed E-state index contributed by atoms with van der Waals surface area (Å²) in [7, 11) is 0. The molecule has 0 bridgehead atoms. The molecule has 3 rings (SSSR count). The van der Waals surface area contributed by atoms with Crippen molar-refractivity contribution in [3.8, 4) is 11.1 Å². The fourth-order valence-electron chi connectivity index (χ4n) is 2.26. The largest absolute Gasteiger partial charge is 0.378 e. The fourth-order valence-corrected chi connectivity index (χ4v) is 2.39. The second-order valence-electron chi connectivity index (χ2n) is 4.57. The minimum Gasteiger partial charge on any atom is -0.378 e. The van der Waals surface area contributed by atoms with Gasteiger partial charge in [0.25, 0.3) is 0 Å². The van der Waals surface area contributed by atoms with E-state index < -0.39 is 0 Å². The minimum atomic E-state index is 0.764. The smallest absolute Gasteiger partial charge is 0.0642 e. The van der Waals surface area contributed by atoms with E-state index in [2.05, 4.69) is 23.1 Å². The summed E-state index contributed by atoms with van der Waals surface area (Å²) >= 11 is 5.92. The fraction of sp³-hybridized carbons (Fsp3) is 0.250. The van der Waals surface area contributed by atoms with Crippen LogP contribution in [0.3, 0.4) is 0 Å². The predicted molar refractivity (Wildman–Crippen MR) is 78.8 cm³/mol. The molecule has 3 heteroatoms. The molecule has 0 saturated carbocycles. The highest BCUT2D eigenvalue weighted by Crippen LogP contribution is 2.26. The Balaban J connectivity index is 1.88. The third-order valence-electron chi connectivity index (χ3n) is 3.32. The van der Waals surface area contributed by atoms with E-state index in [1.165, 1.54) is 11.1 Å². The van der Waals surface area contributed by atoms with Crippen LogP contribution in [0, 0.1) is 6.07 Å². The zero-order chi connectivity index (χ0) is 13.1. The normalized spacial score (nSPS) is 15.5. The van der Waals surface area contributed by atoms with Crippen LogP contribution in [-0.4, -0.2) is 26.3 Å². The molecule has 0 amide bonds. The van der Waals surface area contributed by atoms with Crippen LogP contribution >= 0.6 is 11.6 Å². The highest BCUT2D eigenvalue weighted by Gasteiger charge is 2.11. The van der Waals surface area contributed by atoms with Gasteiger partial charge in [0.15, 0.2) is 0 Å². The van der Waals surface area contributed by atoms with E-state index in [-0.39, 0.29) is 0 Å². The van der Waals surface area contributed by atoms with Crippen molar-refractivity contribution in [2.75, 3.05) is 31.2 Å². The highest BCUT2D eigenvalue weighted by atomic mass is 35.5. The first-order chi connectivity index (χ1) is 9.33. The molecule has 2 aromatic rings. The third kappa shape index (κ3) is 2.91. The van der Waals surface area contributed by atoms with Crippen molar-refractivity contribution in [3.63, 3.8) is 0 Å². The number of hydrogen-bond acceptors (Lipinski definition) is 2. The van der Waals surface area contributed by atoms with Crippen molar-refractivity contribution in [1.29, 1.82) is 0 Å². The molecule has 0 N–H and O–H groups in total. The second-order valence-corrected chi connectivity index (χ2v) is 5.01. The SMILES string of the molecule is Clc1ccc(-c2cc[c]c(N3CCOCC3)c2)cc1. The van der Waals surface area contributed by atoms with Crippen molar-refractivity contribution in [3.05, 3.63) is 53.6 Å². The van der Waals surface area contributed by atoms with E-state index >= 15 is 0 Å². The van der Waals surface area contributed by atoms with Crippen molar-refractivity contribution >= 4 is 17.3 Å². The Bertz CT molecular complexity index is 547. The summed E-state index contributed by atoms with van der Waals surface area (Å²) in [6.45, 7) is 3.44. The summed E-state index contributed by atoms with van der Waals surface area (Å²) in [4.78, 5) is 2.31. The van der Waals surface area contributed by atoms with Gasteiger partial charge in [0.1, 0.15) is 0 Å². The van der Waals surface area contributed by atoms with E-state index in [1.54, 1.807) is 0 Å². The molecular weight excluding hydrogens is 258 g/mol. The van der Waals surface area contributed by atoms with E-state index in [1.807, 2.05) is 30.3 Å².